The first kappa shape index (κ1) is 22.8. The van der Waals surface area contributed by atoms with Crippen molar-refractivity contribution in [3.05, 3.63) is 71.1 Å². The number of anilines is 1. The molecule has 0 spiro atoms. The van der Waals surface area contributed by atoms with Crippen LogP contribution in [0, 0.1) is 12.8 Å². The Balaban J connectivity index is 1.66. The Morgan fingerprint density at radius 3 is 2.64 bits per heavy atom. The summed E-state index contributed by atoms with van der Waals surface area (Å²) in [6, 6.07) is 10.6. The van der Waals surface area contributed by atoms with Crippen LogP contribution in [0.1, 0.15) is 54.7 Å². The first-order valence-corrected chi connectivity index (χ1v) is 10.8. The number of aromatic nitrogens is 2. The fourth-order valence-corrected chi connectivity index (χ4v) is 4.15. The standard InChI is InChI=1S/C25H24F3N3O2/c1-14(18-4-3-5-20(12-18)25(26,27)28)29-23-21-13-19(10-11-22(21)30-15(2)31-23)16-6-8-17(9-7-16)24(32)33/h3-6,10-14,17H,7-9H2,1-2H3,(H,32,33)(H,29,30,31)/t14-,17?/m0/s1. The summed E-state index contributed by atoms with van der Waals surface area (Å²) in [4.78, 5) is 20.2. The van der Waals surface area contributed by atoms with Gasteiger partial charge in [-0.05, 0) is 74.1 Å². The van der Waals surface area contributed by atoms with Crippen LogP contribution in [0.5, 0.6) is 0 Å². The minimum atomic E-state index is -4.41. The van der Waals surface area contributed by atoms with Gasteiger partial charge >= 0.3 is 12.1 Å². The van der Waals surface area contributed by atoms with E-state index in [1.807, 2.05) is 24.3 Å². The van der Waals surface area contributed by atoms with Crippen LogP contribution in [0.25, 0.3) is 16.5 Å². The van der Waals surface area contributed by atoms with Gasteiger partial charge in [-0.2, -0.15) is 13.2 Å². The van der Waals surface area contributed by atoms with Crippen molar-refractivity contribution in [2.24, 2.45) is 5.92 Å². The first-order chi connectivity index (χ1) is 15.6. The Bertz CT molecular complexity index is 1240. The van der Waals surface area contributed by atoms with Gasteiger partial charge in [-0.15, -0.1) is 0 Å². The summed E-state index contributed by atoms with van der Waals surface area (Å²) in [7, 11) is 0. The maximum Gasteiger partial charge on any atom is 0.416 e. The summed E-state index contributed by atoms with van der Waals surface area (Å²) in [5.74, 6) is -0.0345. The normalized spacial score (nSPS) is 17.5. The summed E-state index contributed by atoms with van der Waals surface area (Å²) in [5, 5.41) is 13.2. The molecule has 5 nitrogen and oxygen atoms in total. The van der Waals surface area contributed by atoms with Gasteiger partial charge in [0.2, 0.25) is 0 Å². The number of carboxylic acids is 1. The van der Waals surface area contributed by atoms with Gasteiger partial charge in [0.15, 0.2) is 0 Å². The van der Waals surface area contributed by atoms with Crippen molar-refractivity contribution in [2.45, 2.75) is 45.3 Å². The predicted molar refractivity (Wildman–Crippen MR) is 121 cm³/mol. The average molecular weight is 455 g/mol. The van der Waals surface area contributed by atoms with Gasteiger partial charge in [0.05, 0.1) is 17.0 Å². The predicted octanol–water partition coefficient (Wildman–Crippen LogP) is 6.40. The molecular weight excluding hydrogens is 431 g/mol. The highest BCUT2D eigenvalue weighted by molar-refractivity contribution is 5.92. The fourth-order valence-electron chi connectivity index (χ4n) is 4.15. The molecule has 2 N–H and O–H groups in total. The number of nitrogens with zero attached hydrogens (tertiary/aromatic N) is 2. The molecule has 33 heavy (non-hydrogen) atoms. The van der Waals surface area contributed by atoms with Crippen LogP contribution in [0.3, 0.4) is 0 Å². The third-order valence-corrected chi connectivity index (χ3v) is 6.01. The number of benzene rings is 2. The van der Waals surface area contributed by atoms with E-state index in [-0.39, 0.29) is 5.92 Å². The lowest BCUT2D eigenvalue weighted by Gasteiger charge is -2.20. The number of hydrogen-bond acceptors (Lipinski definition) is 4. The molecule has 4 rings (SSSR count). The second kappa shape index (κ2) is 8.84. The summed E-state index contributed by atoms with van der Waals surface area (Å²) < 4.78 is 39.4. The van der Waals surface area contributed by atoms with E-state index in [1.165, 1.54) is 6.07 Å². The quantitative estimate of drug-likeness (QED) is 0.466. The topological polar surface area (TPSA) is 75.1 Å². The molecule has 0 fully saturated rings. The van der Waals surface area contributed by atoms with Crippen molar-refractivity contribution in [1.29, 1.82) is 0 Å². The van der Waals surface area contributed by atoms with Crippen LogP contribution in [-0.4, -0.2) is 21.0 Å². The molecule has 0 bridgehead atoms. The molecule has 8 heteroatoms. The lowest BCUT2D eigenvalue weighted by atomic mass is 9.86. The minimum Gasteiger partial charge on any atom is -0.481 e. The molecule has 0 aliphatic heterocycles. The van der Waals surface area contributed by atoms with Crippen LogP contribution >= 0.6 is 0 Å². The van der Waals surface area contributed by atoms with E-state index in [2.05, 4.69) is 15.3 Å². The lowest BCUT2D eigenvalue weighted by molar-refractivity contribution is -0.142. The lowest BCUT2D eigenvalue weighted by Crippen LogP contribution is -2.15. The Morgan fingerprint density at radius 1 is 1.18 bits per heavy atom. The second-order valence-corrected chi connectivity index (χ2v) is 8.38. The van der Waals surface area contributed by atoms with Crippen molar-refractivity contribution >= 4 is 28.3 Å². The molecular formula is C25H24F3N3O2. The number of nitrogens with one attached hydrogen (secondary N) is 1. The van der Waals surface area contributed by atoms with Crippen molar-refractivity contribution in [3.8, 4) is 0 Å². The second-order valence-electron chi connectivity index (χ2n) is 8.38. The Hall–Kier alpha value is -3.42. The monoisotopic (exact) mass is 455 g/mol. The van der Waals surface area contributed by atoms with Gasteiger partial charge in [0, 0.05) is 11.4 Å². The first-order valence-electron chi connectivity index (χ1n) is 10.8. The zero-order chi connectivity index (χ0) is 23.8. The van der Waals surface area contributed by atoms with Gasteiger partial charge in [-0.3, -0.25) is 4.79 Å². The number of halogens is 3. The number of carboxylic acid groups (broad SMARTS) is 1. The van der Waals surface area contributed by atoms with E-state index in [4.69, 9.17) is 0 Å². The Kier molecular flexibility index (Phi) is 6.10. The molecule has 1 aliphatic carbocycles. The van der Waals surface area contributed by atoms with Gasteiger partial charge in [-0.1, -0.05) is 24.3 Å². The van der Waals surface area contributed by atoms with Gasteiger partial charge in [0.25, 0.3) is 0 Å². The number of aryl methyl sites for hydroxylation is 1. The molecule has 0 radical (unpaired) electrons. The summed E-state index contributed by atoms with van der Waals surface area (Å²) in [5.41, 5.74) is 2.58. The molecule has 1 aliphatic rings. The van der Waals surface area contributed by atoms with Crippen molar-refractivity contribution < 1.29 is 23.1 Å². The zero-order valence-electron chi connectivity index (χ0n) is 18.3. The molecule has 3 aromatic rings. The van der Waals surface area contributed by atoms with Crippen molar-refractivity contribution in [1.82, 2.24) is 9.97 Å². The van der Waals surface area contributed by atoms with Crippen LogP contribution in [0.2, 0.25) is 0 Å². The summed E-state index contributed by atoms with van der Waals surface area (Å²) >= 11 is 0. The number of aliphatic carboxylic acids is 1. The highest BCUT2D eigenvalue weighted by atomic mass is 19.4. The number of hydrogen-bond donors (Lipinski definition) is 2. The molecule has 1 aromatic heterocycles. The van der Waals surface area contributed by atoms with Gasteiger partial charge in [-0.25, -0.2) is 9.97 Å². The number of carbonyl (C=O) groups is 1. The van der Waals surface area contributed by atoms with E-state index < -0.39 is 23.8 Å². The number of alkyl halides is 3. The third-order valence-electron chi connectivity index (χ3n) is 6.01. The highest BCUT2D eigenvalue weighted by Crippen LogP contribution is 2.34. The summed E-state index contributed by atoms with van der Waals surface area (Å²) in [6.07, 6.45) is -0.697. The van der Waals surface area contributed by atoms with Crippen molar-refractivity contribution in [2.75, 3.05) is 5.32 Å². The molecule has 1 unspecified atom stereocenters. The Labute approximate surface area is 189 Å². The van der Waals surface area contributed by atoms with Gasteiger partial charge < -0.3 is 10.4 Å². The molecule has 172 valence electrons. The molecule has 0 saturated carbocycles. The van der Waals surface area contributed by atoms with Crippen LogP contribution < -0.4 is 5.32 Å². The van der Waals surface area contributed by atoms with Crippen LogP contribution in [0.15, 0.2) is 48.5 Å². The summed E-state index contributed by atoms with van der Waals surface area (Å²) in [6.45, 7) is 3.56. The largest absolute Gasteiger partial charge is 0.481 e. The third kappa shape index (κ3) is 4.99. The zero-order valence-corrected chi connectivity index (χ0v) is 18.3. The van der Waals surface area contributed by atoms with Gasteiger partial charge in [0.1, 0.15) is 11.6 Å². The maximum absolute atomic E-state index is 13.1. The molecule has 2 aromatic carbocycles. The van der Waals surface area contributed by atoms with E-state index in [0.29, 0.717) is 36.5 Å². The van der Waals surface area contributed by atoms with Crippen LogP contribution in [-0.2, 0) is 11.0 Å². The molecule has 1 heterocycles. The number of rotatable bonds is 5. The number of allylic oxidation sites excluding steroid dienone is 2. The Morgan fingerprint density at radius 2 is 1.97 bits per heavy atom. The van der Waals surface area contributed by atoms with E-state index in [9.17, 15) is 23.1 Å². The van der Waals surface area contributed by atoms with E-state index in [0.717, 1.165) is 34.2 Å². The molecule has 0 amide bonds. The average Bonchev–Trinajstić information content (AvgIpc) is 2.78. The SMILES string of the molecule is Cc1nc(N[C@@H](C)c2cccc(C(F)(F)F)c2)c2cc(C3=CCC(C(=O)O)CC3)ccc2n1. The smallest absolute Gasteiger partial charge is 0.416 e. The molecule has 2 atom stereocenters. The maximum atomic E-state index is 13.1. The minimum absolute atomic E-state index is 0.356. The van der Waals surface area contributed by atoms with E-state index >= 15 is 0 Å². The number of fused-ring (bicyclic) bond motifs is 1. The fraction of sp³-hybridized carbons (Fsp3) is 0.320. The molecule has 0 saturated heterocycles. The van der Waals surface area contributed by atoms with Crippen LogP contribution in [0.4, 0.5) is 19.0 Å². The van der Waals surface area contributed by atoms with E-state index in [1.54, 1.807) is 19.9 Å². The van der Waals surface area contributed by atoms with Crippen molar-refractivity contribution in [3.63, 3.8) is 0 Å². The highest BCUT2D eigenvalue weighted by Gasteiger charge is 2.30.